The van der Waals surface area contributed by atoms with Gasteiger partial charge >= 0.3 is 0 Å². The largest absolute Gasteiger partial charge is 0.323 e. The van der Waals surface area contributed by atoms with Gasteiger partial charge in [-0.05, 0) is 36.6 Å². The number of aromatic nitrogens is 2. The van der Waals surface area contributed by atoms with Gasteiger partial charge in [0.1, 0.15) is 0 Å². The van der Waals surface area contributed by atoms with E-state index >= 15 is 0 Å². The van der Waals surface area contributed by atoms with Crippen molar-refractivity contribution in [3.8, 4) is 0 Å². The van der Waals surface area contributed by atoms with E-state index in [-0.39, 0.29) is 5.91 Å². The number of carbonyl (C=O) groups is 1. The second-order valence-corrected chi connectivity index (χ2v) is 6.05. The van der Waals surface area contributed by atoms with Crippen molar-refractivity contribution in [2.75, 3.05) is 5.32 Å². The van der Waals surface area contributed by atoms with Crippen LogP contribution in [0.4, 0.5) is 5.69 Å². The molecule has 0 aromatic carbocycles. The Morgan fingerprint density at radius 3 is 3.16 bits per heavy atom. The third-order valence-electron chi connectivity index (χ3n) is 3.24. The Hall–Kier alpha value is -1.62. The van der Waals surface area contributed by atoms with Crippen LogP contribution in [0.3, 0.4) is 0 Å². The molecule has 1 aliphatic carbocycles. The number of hydrogen-bond donors (Lipinski definition) is 1. The van der Waals surface area contributed by atoms with Gasteiger partial charge in [0.2, 0.25) is 5.91 Å². The molecule has 0 atom stereocenters. The monoisotopic (exact) mass is 275 g/mol. The lowest BCUT2D eigenvalue weighted by atomic mass is 10.2. The lowest BCUT2D eigenvalue weighted by Gasteiger charge is -2.01. The quantitative estimate of drug-likeness (QED) is 0.881. The van der Waals surface area contributed by atoms with Gasteiger partial charge < -0.3 is 5.32 Å². The van der Waals surface area contributed by atoms with Gasteiger partial charge in [-0.15, -0.1) is 11.3 Å². The zero-order valence-corrected chi connectivity index (χ0v) is 11.5. The highest BCUT2D eigenvalue weighted by atomic mass is 32.1. The molecule has 1 fully saturated rings. The molecule has 1 amide bonds. The van der Waals surface area contributed by atoms with Gasteiger partial charge in [-0.3, -0.25) is 9.48 Å². The fraction of sp³-hybridized carbons (Fsp3) is 0.429. The molecular weight excluding hydrogens is 258 g/mol. The first-order valence-electron chi connectivity index (χ1n) is 6.64. The predicted octanol–water partition coefficient (Wildman–Crippen LogP) is 2.93. The minimum absolute atomic E-state index is 0.0550. The first-order valence-corrected chi connectivity index (χ1v) is 7.52. The van der Waals surface area contributed by atoms with E-state index in [1.54, 1.807) is 17.5 Å². The topological polar surface area (TPSA) is 46.9 Å². The van der Waals surface area contributed by atoms with Crippen molar-refractivity contribution in [3.05, 3.63) is 34.8 Å². The van der Waals surface area contributed by atoms with Crippen molar-refractivity contribution in [1.82, 2.24) is 9.78 Å². The first kappa shape index (κ1) is 12.4. The summed E-state index contributed by atoms with van der Waals surface area (Å²) in [6, 6.07) is 4.07. The molecule has 2 aromatic heterocycles. The highest BCUT2D eigenvalue weighted by molar-refractivity contribution is 7.09. The molecular formula is C14H17N3OS. The maximum absolute atomic E-state index is 11.8. The summed E-state index contributed by atoms with van der Waals surface area (Å²) in [5.41, 5.74) is 0.803. The van der Waals surface area contributed by atoms with Crippen LogP contribution in [0.5, 0.6) is 0 Å². The zero-order chi connectivity index (χ0) is 13.1. The Labute approximate surface area is 116 Å². The van der Waals surface area contributed by atoms with Crippen molar-refractivity contribution in [1.29, 1.82) is 0 Å². The van der Waals surface area contributed by atoms with E-state index in [1.807, 2.05) is 22.3 Å². The maximum Gasteiger partial charge on any atom is 0.224 e. The van der Waals surface area contributed by atoms with Gasteiger partial charge in [-0.25, -0.2) is 0 Å². The van der Waals surface area contributed by atoms with Crippen LogP contribution in [0.2, 0.25) is 0 Å². The van der Waals surface area contributed by atoms with Crippen LogP contribution < -0.4 is 5.32 Å². The highest BCUT2D eigenvalue weighted by Crippen LogP contribution is 2.30. The minimum Gasteiger partial charge on any atom is -0.323 e. The molecule has 0 bridgehead atoms. The third-order valence-corrected chi connectivity index (χ3v) is 4.17. The number of anilines is 1. The minimum atomic E-state index is 0.0550. The molecule has 0 aliphatic heterocycles. The Morgan fingerprint density at radius 2 is 2.42 bits per heavy atom. The molecule has 100 valence electrons. The lowest BCUT2D eigenvalue weighted by Crippen LogP contribution is -2.11. The Kier molecular flexibility index (Phi) is 3.64. The smallest absolute Gasteiger partial charge is 0.224 e. The van der Waals surface area contributed by atoms with Crippen molar-refractivity contribution in [2.24, 2.45) is 5.92 Å². The van der Waals surface area contributed by atoms with Crippen molar-refractivity contribution in [2.45, 2.75) is 32.2 Å². The molecule has 0 unspecified atom stereocenters. The van der Waals surface area contributed by atoms with Crippen LogP contribution in [-0.2, 0) is 17.8 Å². The number of rotatable bonds is 6. The van der Waals surface area contributed by atoms with E-state index in [0.29, 0.717) is 6.42 Å². The molecule has 1 saturated carbocycles. The summed E-state index contributed by atoms with van der Waals surface area (Å²) in [5.74, 6) is 0.849. The average molecular weight is 275 g/mol. The lowest BCUT2D eigenvalue weighted by molar-refractivity contribution is -0.116. The van der Waals surface area contributed by atoms with Crippen LogP contribution in [0, 0.1) is 5.92 Å². The molecule has 2 heterocycles. The number of nitrogens with zero attached hydrogens (tertiary/aromatic N) is 2. The number of thiophene rings is 1. The zero-order valence-electron chi connectivity index (χ0n) is 10.7. The predicted molar refractivity (Wildman–Crippen MR) is 76.2 cm³/mol. The van der Waals surface area contributed by atoms with Crippen molar-refractivity contribution >= 4 is 22.9 Å². The Morgan fingerprint density at radius 1 is 1.53 bits per heavy atom. The molecule has 0 spiro atoms. The van der Waals surface area contributed by atoms with Crippen LogP contribution in [-0.4, -0.2) is 15.7 Å². The fourth-order valence-corrected chi connectivity index (χ4v) is 2.72. The van der Waals surface area contributed by atoms with E-state index in [1.165, 1.54) is 17.7 Å². The van der Waals surface area contributed by atoms with Crippen molar-refractivity contribution < 1.29 is 4.79 Å². The van der Waals surface area contributed by atoms with Crippen LogP contribution >= 0.6 is 11.3 Å². The number of amides is 1. The molecule has 2 aromatic rings. The summed E-state index contributed by atoms with van der Waals surface area (Å²) in [4.78, 5) is 13.1. The third kappa shape index (κ3) is 3.67. The Bertz CT molecular complexity index is 543. The standard InChI is InChI=1S/C14H17N3OS/c18-14(6-5-13-2-1-7-19-13)16-12-8-15-17(10-12)9-11-3-4-11/h1-2,7-8,10-11H,3-6,9H2,(H,16,18). The summed E-state index contributed by atoms with van der Waals surface area (Å²) in [5, 5.41) is 9.20. The van der Waals surface area contributed by atoms with Gasteiger partial charge in [0.25, 0.3) is 0 Å². The van der Waals surface area contributed by atoms with E-state index in [9.17, 15) is 4.79 Å². The highest BCUT2D eigenvalue weighted by Gasteiger charge is 2.22. The molecule has 5 heteroatoms. The van der Waals surface area contributed by atoms with Crippen LogP contribution in [0.1, 0.15) is 24.1 Å². The SMILES string of the molecule is O=C(CCc1cccs1)Nc1cnn(CC2CC2)c1. The summed E-state index contributed by atoms with van der Waals surface area (Å²) >= 11 is 1.69. The molecule has 1 aliphatic rings. The van der Waals surface area contributed by atoms with E-state index in [4.69, 9.17) is 0 Å². The normalized spacial score (nSPS) is 14.5. The maximum atomic E-state index is 11.8. The molecule has 0 radical (unpaired) electrons. The second-order valence-electron chi connectivity index (χ2n) is 5.02. The number of carbonyl (C=O) groups excluding carboxylic acids is 1. The van der Waals surface area contributed by atoms with Crippen LogP contribution in [0.15, 0.2) is 29.9 Å². The molecule has 0 saturated heterocycles. The van der Waals surface area contributed by atoms with Gasteiger partial charge in [0.05, 0.1) is 11.9 Å². The molecule has 1 N–H and O–H groups in total. The number of aryl methyl sites for hydroxylation is 1. The second kappa shape index (κ2) is 5.57. The van der Waals surface area contributed by atoms with Gasteiger partial charge in [-0.2, -0.15) is 5.10 Å². The summed E-state index contributed by atoms with van der Waals surface area (Å²) < 4.78 is 1.92. The molecule has 19 heavy (non-hydrogen) atoms. The van der Waals surface area contributed by atoms with Gasteiger partial charge in [0, 0.05) is 24.0 Å². The molecule has 3 rings (SSSR count). The fourth-order valence-electron chi connectivity index (χ4n) is 2.01. The van der Waals surface area contributed by atoms with Gasteiger partial charge in [-0.1, -0.05) is 6.07 Å². The first-order chi connectivity index (χ1) is 9.29. The molecule has 4 nitrogen and oxygen atoms in total. The van der Waals surface area contributed by atoms with Crippen LogP contribution in [0.25, 0.3) is 0 Å². The Balaban J connectivity index is 1.46. The van der Waals surface area contributed by atoms with Crippen molar-refractivity contribution in [3.63, 3.8) is 0 Å². The summed E-state index contributed by atoms with van der Waals surface area (Å²) in [6.45, 7) is 0.977. The number of nitrogens with one attached hydrogen (secondary N) is 1. The summed E-state index contributed by atoms with van der Waals surface area (Å²) in [7, 11) is 0. The van der Waals surface area contributed by atoms with E-state index in [0.717, 1.165) is 24.6 Å². The summed E-state index contributed by atoms with van der Waals surface area (Å²) in [6.07, 6.45) is 7.59. The average Bonchev–Trinajstić information content (AvgIpc) is 2.90. The van der Waals surface area contributed by atoms with Gasteiger partial charge in [0.15, 0.2) is 0 Å². The van der Waals surface area contributed by atoms with E-state index < -0.39 is 0 Å². The number of hydrogen-bond acceptors (Lipinski definition) is 3. The van der Waals surface area contributed by atoms with E-state index in [2.05, 4.69) is 16.5 Å².